The highest BCUT2D eigenvalue weighted by molar-refractivity contribution is 5.46. The van der Waals surface area contributed by atoms with Crippen molar-refractivity contribution >= 4 is 0 Å². The monoisotopic (exact) mass is 260 g/mol. The van der Waals surface area contributed by atoms with E-state index in [1.165, 1.54) is 36.8 Å². The van der Waals surface area contributed by atoms with E-state index in [2.05, 4.69) is 37.2 Å². The van der Waals surface area contributed by atoms with E-state index in [9.17, 15) is 0 Å². The summed E-state index contributed by atoms with van der Waals surface area (Å²) in [4.78, 5) is 2.33. The van der Waals surface area contributed by atoms with Gasteiger partial charge in [0.2, 0.25) is 0 Å². The van der Waals surface area contributed by atoms with Crippen molar-refractivity contribution in [1.29, 1.82) is 0 Å². The molecule has 1 unspecified atom stereocenters. The molecule has 0 radical (unpaired) electrons. The van der Waals surface area contributed by atoms with Gasteiger partial charge >= 0.3 is 0 Å². The van der Waals surface area contributed by atoms with Crippen molar-refractivity contribution < 1.29 is 4.74 Å². The minimum absolute atomic E-state index is 0.0399. The smallest absolute Gasteiger partial charge is 0.127 e. The summed E-state index contributed by atoms with van der Waals surface area (Å²) >= 11 is 0. The molecule has 1 aromatic rings. The van der Waals surface area contributed by atoms with Crippen LogP contribution < -0.4 is 10.5 Å². The lowest BCUT2D eigenvalue weighted by Gasteiger charge is -2.42. The van der Waals surface area contributed by atoms with Crippen LogP contribution in [0.2, 0.25) is 0 Å². The fourth-order valence-corrected chi connectivity index (χ4v) is 3.80. The van der Waals surface area contributed by atoms with Gasteiger partial charge in [0.25, 0.3) is 0 Å². The molecule has 0 saturated heterocycles. The fourth-order valence-electron chi connectivity index (χ4n) is 3.80. The van der Waals surface area contributed by atoms with Crippen molar-refractivity contribution in [2.24, 2.45) is 5.73 Å². The number of para-hydroxylation sites is 1. The number of nitrogens with two attached hydrogens (primary N) is 1. The van der Waals surface area contributed by atoms with E-state index < -0.39 is 0 Å². The Balaban J connectivity index is 1.99. The first-order chi connectivity index (χ1) is 9.15. The first-order valence-electron chi connectivity index (χ1n) is 7.33. The van der Waals surface area contributed by atoms with Crippen molar-refractivity contribution in [3.05, 3.63) is 29.3 Å². The second-order valence-electron chi connectivity index (χ2n) is 6.12. The maximum Gasteiger partial charge on any atom is 0.127 e. The Morgan fingerprint density at radius 3 is 2.68 bits per heavy atom. The molecule has 1 fully saturated rings. The third-order valence-corrected chi connectivity index (χ3v) is 5.02. The van der Waals surface area contributed by atoms with Gasteiger partial charge in [-0.15, -0.1) is 0 Å². The lowest BCUT2D eigenvalue weighted by molar-refractivity contribution is 0.122. The first-order valence-corrected chi connectivity index (χ1v) is 7.33. The van der Waals surface area contributed by atoms with E-state index in [-0.39, 0.29) is 11.6 Å². The molecule has 19 heavy (non-hydrogen) atoms. The van der Waals surface area contributed by atoms with E-state index in [1.807, 2.05) is 0 Å². The minimum atomic E-state index is 0.0399. The molecule has 1 heterocycles. The summed E-state index contributed by atoms with van der Waals surface area (Å²) in [5.41, 5.74) is 9.30. The van der Waals surface area contributed by atoms with Crippen molar-refractivity contribution in [3.63, 3.8) is 0 Å². The van der Waals surface area contributed by atoms with Crippen LogP contribution in [0.1, 0.15) is 42.9 Å². The molecule has 2 aliphatic rings. The SMILES string of the molecule is CN(C)C1(C(N)c2cccc3c2OCC3)CCCC1. The molecule has 1 aromatic carbocycles. The van der Waals surface area contributed by atoms with Gasteiger partial charge in [0.15, 0.2) is 0 Å². The Labute approximate surface area is 115 Å². The number of likely N-dealkylation sites (N-methyl/N-ethyl adjacent to an activating group) is 1. The molecule has 3 heteroatoms. The van der Waals surface area contributed by atoms with Crippen molar-refractivity contribution in [3.8, 4) is 5.75 Å². The predicted molar refractivity (Wildman–Crippen MR) is 77.5 cm³/mol. The van der Waals surface area contributed by atoms with Gasteiger partial charge in [-0.2, -0.15) is 0 Å². The number of hydrogen-bond acceptors (Lipinski definition) is 3. The summed E-state index contributed by atoms with van der Waals surface area (Å²) < 4.78 is 5.84. The highest BCUT2D eigenvalue weighted by atomic mass is 16.5. The number of nitrogens with zero attached hydrogens (tertiary/aromatic N) is 1. The molecule has 0 aromatic heterocycles. The van der Waals surface area contributed by atoms with E-state index in [4.69, 9.17) is 10.5 Å². The molecule has 0 bridgehead atoms. The highest BCUT2D eigenvalue weighted by Gasteiger charge is 2.43. The average Bonchev–Trinajstić information content (AvgIpc) is 3.06. The summed E-state index contributed by atoms with van der Waals surface area (Å²) in [6, 6.07) is 6.48. The molecule has 104 valence electrons. The van der Waals surface area contributed by atoms with Crippen LogP contribution in [-0.4, -0.2) is 31.1 Å². The van der Waals surface area contributed by atoms with Gasteiger partial charge in [0.05, 0.1) is 12.6 Å². The molecule has 2 N–H and O–H groups in total. The van der Waals surface area contributed by atoms with Crippen LogP contribution in [0.15, 0.2) is 18.2 Å². The fraction of sp³-hybridized carbons (Fsp3) is 0.625. The largest absolute Gasteiger partial charge is 0.493 e. The Morgan fingerprint density at radius 2 is 2.00 bits per heavy atom. The van der Waals surface area contributed by atoms with Crippen molar-refractivity contribution in [1.82, 2.24) is 4.90 Å². The predicted octanol–water partition coefficient (Wildman–Crippen LogP) is 2.50. The summed E-state index contributed by atoms with van der Waals surface area (Å²) in [7, 11) is 4.32. The van der Waals surface area contributed by atoms with Crippen molar-refractivity contribution in [2.75, 3.05) is 20.7 Å². The third kappa shape index (κ3) is 1.96. The zero-order chi connectivity index (χ0) is 13.5. The Morgan fingerprint density at radius 1 is 1.26 bits per heavy atom. The summed E-state index contributed by atoms with van der Waals surface area (Å²) in [5.74, 6) is 1.06. The maximum absolute atomic E-state index is 6.69. The average molecular weight is 260 g/mol. The van der Waals surface area contributed by atoms with Crippen LogP contribution in [0.5, 0.6) is 5.75 Å². The van der Waals surface area contributed by atoms with Gasteiger partial charge in [0.1, 0.15) is 5.75 Å². The quantitative estimate of drug-likeness (QED) is 0.907. The van der Waals surface area contributed by atoms with Gasteiger partial charge in [-0.05, 0) is 32.5 Å². The highest BCUT2D eigenvalue weighted by Crippen LogP contribution is 2.45. The lowest BCUT2D eigenvalue weighted by Crippen LogP contribution is -2.50. The van der Waals surface area contributed by atoms with Crippen LogP contribution in [0.4, 0.5) is 0 Å². The zero-order valence-electron chi connectivity index (χ0n) is 12.0. The van der Waals surface area contributed by atoms with Gasteiger partial charge in [-0.1, -0.05) is 31.0 Å². The number of rotatable bonds is 3. The van der Waals surface area contributed by atoms with Crippen LogP contribution in [0.25, 0.3) is 0 Å². The Bertz CT molecular complexity index is 464. The van der Waals surface area contributed by atoms with Crippen molar-refractivity contribution in [2.45, 2.75) is 43.7 Å². The van der Waals surface area contributed by atoms with Crippen LogP contribution in [-0.2, 0) is 6.42 Å². The molecule has 1 aliphatic carbocycles. The molecule has 0 amide bonds. The topological polar surface area (TPSA) is 38.5 Å². The van der Waals surface area contributed by atoms with E-state index >= 15 is 0 Å². The molecule has 0 spiro atoms. The molecular formula is C16H24N2O. The molecule has 3 nitrogen and oxygen atoms in total. The van der Waals surface area contributed by atoms with Crippen LogP contribution in [0, 0.1) is 0 Å². The normalized spacial score (nSPS) is 22.3. The van der Waals surface area contributed by atoms with Crippen LogP contribution in [0.3, 0.4) is 0 Å². The molecule has 1 aliphatic heterocycles. The molecule has 3 rings (SSSR count). The Hall–Kier alpha value is -1.06. The van der Waals surface area contributed by atoms with E-state index in [1.54, 1.807) is 0 Å². The minimum Gasteiger partial charge on any atom is -0.493 e. The summed E-state index contributed by atoms with van der Waals surface area (Å²) in [6.07, 6.45) is 5.95. The number of fused-ring (bicyclic) bond motifs is 1. The van der Waals surface area contributed by atoms with Crippen LogP contribution >= 0.6 is 0 Å². The second kappa shape index (κ2) is 4.80. The first kappa shape index (κ1) is 12.9. The summed E-state index contributed by atoms with van der Waals surface area (Å²) in [5, 5.41) is 0. The molecular weight excluding hydrogens is 236 g/mol. The second-order valence-corrected chi connectivity index (χ2v) is 6.12. The third-order valence-electron chi connectivity index (χ3n) is 5.02. The van der Waals surface area contributed by atoms with Gasteiger partial charge in [-0.3, -0.25) is 0 Å². The van der Waals surface area contributed by atoms with E-state index in [0.717, 1.165) is 18.8 Å². The number of benzene rings is 1. The Kier molecular flexibility index (Phi) is 3.27. The lowest BCUT2D eigenvalue weighted by atomic mass is 9.82. The number of hydrogen-bond donors (Lipinski definition) is 1. The standard InChI is InChI=1S/C16H24N2O/c1-18(2)16(9-3-4-10-16)15(17)13-7-5-6-12-8-11-19-14(12)13/h5-7,15H,3-4,8-11,17H2,1-2H3. The van der Waals surface area contributed by atoms with Gasteiger partial charge in [0, 0.05) is 17.5 Å². The maximum atomic E-state index is 6.69. The molecule has 1 atom stereocenters. The van der Waals surface area contributed by atoms with Gasteiger partial charge < -0.3 is 15.4 Å². The van der Waals surface area contributed by atoms with E-state index in [0.29, 0.717) is 0 Å². The summed E-state index contributed by atoms with van der Waals surface area (Å²) in [6.45, 7) is 0.800. The molecule has 1 saturated carbocycles. The zero-order valence-corrected chi connectivity index (χ0v) is 12.0. The van der Waals surface area contributed by atoms with Gasteiger partial charge in [-0.25, -0.2) is 0 Å². The number of ether oxygens (including phenoxy) is 1.